The predicted octanol–water partition coefficient (Wildman–Crippen LogP) is 5.06. The SMILES string of the molecule is COC1=Cc2ccccc2C(O)(C2CCN(Cc3cncc(C)c3)CC2)c2ccsc21. The maximum Gasteiger partial charge on any atom is 0.137 e. The number of ether oxygens (including phenoxy) is 1. The van der Waals surface area contributed by atoms with Crippen molar-refractivity contribution in [2.45, 2.75) is 31.9 Å². The van der Waals surface area contributed by atoms with E-state index in [9.17, 15) is 5.11 Å². The molecule has 3 aromatic rings. The van der Waals surface area contributed by atoms with E-state index in [-0.39, 0.29) is 5.92 Å². The fourth-order valence-corrected chi connectivity index (χ4v) is 6.13. The Morgan fingerprint density at radius 1 is 1.16 bits per heavy atom. The average Bonchev–Trinajstić information content (AvgIpc) is 3.25. The highest BCUT2D eigenvalue weighted by Crippen LogP contribution is 2.49. The number of aryl methyl sites for hydroxylation is 1. The van der Waals surface area contributed by atoms with Crippen molar-refractivity contribution in [3.63, 3.8) is 0 Å². The van der Waals surface area contributed by atoms with E-state index in [1.807, 2.05) is 24.5 Å². The third-order valence-corrected chi connectivity index (χ3v) is 7.62. The van der Waals surface area contributed by atoms with Gasteiger partial charge >= 0.3 is 0 Å². The van der Waals surface area contributed by atoms with E-state index in [2.05, 4.69) is 52.5 Å². The topological polar surface area (TPSA) is 45.6 Å². The number of methoxy groups -OCH3 is 1. The van der Waals surface area contributed by atoms with Gasteiger partial charge in [-0.25, -0.2) is 0 Å². The van der Waals surface area contributed by atoms with Gasteiger partial charge in [-0.15, -0.1) is 11.3 Å². The molecule has 1 aliphatic heterocycles. The number of hydrogen-bond acceptors (Lipinski definition) is 5. The number of fused-ring (bicyclic) bond motifs is 2. The van der Waals surface area contributed by atoms with Gasteiger partial charge in [0.05, 0.1) is 12.0 Å². The van der Waals surface area contributed by atoms with Crippen molar-refractivity contribution in [1.82, 2.24) is 9.88 Å². The number of nitrogens with zero attached hydrogens (tertiary/aromatic N) is 2. The monoisotopic (exact) mass is 432 g/mol. The van der Waals surface area contributed by atoms with E-state index in [4.69, 9.17) is 4.74 Å². The lowest BCUT2D eigenvalue weighted by atomic mass is 9.71. The molecule has 1 aromatic carbocycles. The molecule has 1 saturated heterocycles. The molecule has 1 atom stereocenters. The maximum absolute atomic E-state index is 12.4. The number of aliphatic hydroxyl groups is 1. The van der Waals surface area contributed by atoms with E-state index in [1.54, 1.807) is 18.4 Å². The minimum Gasteiger partial charge on any atom is -0.495 e. The van der Waals surface area contributed by atoms with Gasteiger partial charge in [-0.1, -0.05) is 30.3 Å². The summed E-state index contributed by atoms with van der Waals surface area (Å²) in [6.45, 7) is 4.93. The van der Waals surface area contributed by atoms with Crippen LogP contribution in [0.4, 0.5) is 0 Å². The Labute approximate surface area is 187 Å². The summed E-state index contributed by atoms with van der Waals surface area (Å²) in [5.41, 5.74) is 4.45. The smallest absolute Gasteiger partial charge is 0.137 e. The van der Waals surface area contributed by atoms with Gasteiger partial charge in [-0.3, -0.25) is 9.88 Å². The first-order valence-electron chi connectivity index (χ1n) is 10.9. The molecule has 0 saturated carbocycles. The van der Waals surface area contributed by atoms with Crippen molar-refractivity contribution >= 4 is 23.2 Å². The molecular weight excluding hydrogens is 404 g/mol. The zero-order chi connectivity index (χ0) is 21.4. The second kappa shape index (κ2) is 8.23. The van der Waals surface area contributed by atoms with Crippen LogP contribution >= 0.6 is 11.3 Å². The second-order valence-corrected chi connectivity index (χ2v) is 9.57. The Bertz CT molecular complexity index is 1110. The number of aromatic nitrogens is 1. The van der Waals surface area contributed by atoms with Crippen molar-refractivity contribution < 1.29 is 9.84 Å². The number of likely N-dealkylation sites (tertiary alicyclic amines) is 1. The van der Waals surface area contributed by atoms with Crippen molar-refractivity contribution in [1.29, 1.82) is 0 Å². The lowest BCUT2D eigenvalue weighted by Gasteiger charge is -2.42. The molecule has 3 heterocycles. The summed E-state index contributed by atoms with van der Waals surface area (Å²) in [6, 6.07) is 12.5. The first-order chi connectivity index (χ1) is 15.1. The summed E-state index contributed by atoms with van der Waals surface area (Å²) < 4.78 is 5.73. The molecule has 31 heavy (non-hydrogen) atoms. The molecule has 1 aliphatic carbocycles. The number of rotatable bonds is 4. The Kier molecular flexibility index (Phi) is 5.42. The fourth-order valence-electron chi connectivity index (χ4n) is 5.18. The lowest BCUT2D eigenvalue weighted by molar-refractivity contribution is -0.0152. The number of benzene rings is 1. The summed E-state index contributed by atoms with van der Waals surface area (Å²) >= 11 is 1.64. The molecule has 1 fully saturated rings. The molecule has 0 bridgehead atoms. The number of pyridine rings is 1. The van der Waals surface area contributed by atoms with Crippen molar-refractivity contribution in [3.8, 4) is 0 Å². The molecule has 2 aliphatic rings. The first-order valence-corrected chi connectivity index (χ1v) is 11.8. The van der Waals surface area contributed by atoms with Gasteiger partial charge in [0.25, 0.3) is 0 Å². The van der Waals surface area contributed by atoms with Crippen LogP contribution in [-0.4, -0.2) is 35.2 Å². The molecule has 1 N–H and O–H groups in total. The van der Waals surface area contributed by atoms with E-state index < -0.39 is 5.60 Å². The average molecular weight is 433 g/mol. The van der Waals surface area contributed by atoms with Gasteiger partial charge in [-0.2, -0.15) is 0 Å². The fraction of sp³-hybridized carbons (Fsp3) is 0.346. The van der Waals surface area contributed by atoms with Crippen LogP contribution in [0.3, 0.4) is 0 Å². The van der Waals surface area contributed by atoms with Gasteiger partial charge in [0.15, 0.2) is 0 Å². The molecular formula is C26H28N2O2S. The first kappa shape index (κ1) is 20.4. The van der Waals surface area contributed by atoms with E-state index in [0.29, 0.717) is 0 Å². The second-order valence-electron chi connectivity index (χ2n) is 8.65. The van der Waals surface area contributed by atoms with E-state index >= 15 is 0 Å². The van der Waals surface area contributed by atoms with Crippen LogP contribution < -0.4 is 0 Å². The Balaban J connectivity index is 1.45. The van der Waals surface area contributed by atoms with Crippen LogP contribution in [0.2, 0.25) is 0 Å². The summed E-state index contributed by atoms with van der Waals surface area (Å²) in [5.74, 6) is 0.983. The van der Waals surface area contributed by atoms with Crippen LogP contribution in [0.1, 0.15) is 45.5 Å². The van der Waals surface area contributed by atoms with Gasteiger partial charge in [0.2, 0.25) is 0 Å². The molecule has 4 nitrogen and oxygen atoms in total. The van der Waals surface area contributed by atoms with Crippen molar-refractivity contribution in [2.24, 2.45) is 5.92 Å². The number of thiophene rings is 1. The highest BCUT2D eigenvalue weighted by Gasteiger charge is 2.46. The molecule has 0 amide bonds. The summed E-state index contributed by atoms with van der Waals surface area (Å²) in [6.07, 6.45) is 7.82. The van der Waals surface area contributed by atoms with Crippen LogP contribution in [0.5, 0.6) is 0 Å². The zero-order valence-electron chi connectivity index (χ0n) is 18.0. The highest BCUT2D eigenvalue weighted by atomic mass is 32.1. The Morgan fingerprint density at radius 3 is 2.74 bits per heavy atom. The van der Waals surface area contributed by atoms with Crippen LogP contribution in [0.25, 0.3) is 11.8 Å². The largest absolute Gasteiger partial charge is 0.495 e. The van der Waals surface area contributed by atoms with Gasteiger partial charge < -0.3 is 9.84 Å². The lowest BCUT2D eigenvalue weighted by Crippen LogP contribution is -2.44. The standard InChI is InChI=1S/C26H28N2O2S/c1-18-13-19(16-27-15-18)17-28-10-7-21(8-11-28)26(29)22-6-4-3-5-20(22)14-24(30-2)25-23(26)9-12-31-25/h3-6,9,12-16,21,29H,7-8,10-11,17H2,1-2H3. The molecule has 0 spiro atoms. The maximum atomic E-state index is 12.4. The summed E-state index contributed by atoms with van der Waals surface area (Å²) in [4.78, 5) is 7.85. The third-order valence-electron chi connectivity index (χ3n) is 6.69. The summed E-state index contributed by atoms with van der Waals surface area (Å²) in [5, 5.41) is 14.4. The van der Waals surface area contributed by atoms with Gasteiger partial charge in [-0.05, 0) is 78.5 Å². The Morgan fingerprint density at radius 2 is 1.97 bits per heavy atom. The number of piperidine rings is 1. The van der Waals surface area contributed by atoms with Gasteiger partial charge in [0, 0.05) is 24.5 Å². The van der Waals surface area contributed by atoms with Crippen LogP contribution in [0.15, 0.2) is 54.2 Å². The quantitative estimate of drug-likeness (QED) is 0.626. The highest BCUT2D eigenvalue weighted by molar-refractivity contribution is 7.11. The molecule has 160 valence electrons. The minimum absolute atomic E-state index is 0.151. The van der Waals surface area contributed by atoms with Crippen LogP contribution in [-0.2, 0) is 16.9 Å². The third kappa shape index (κ3) is 3.61. The molecule has 1 unspecified atom stereocenters. The normalized spacial score (nSPS) is 21.7. The van der Waals surface area contributed by atoms with E-state index in [1.165, 1.54) is 11.1 Å². The molecule has 2 aromatic heterocycles. The number of hydrogen-bond donors (Lipinski definition) is 1. The summed E-state index contributed by atoms with van der Waals surface area (Å²) in [7, 11) is 1.71. The zero-order valence-corrected chi connectivity index (χ0v) is 18.9. The predicted molar refractivity (Wildman–Crippen MR) is 126 cm³/mol. The molecule has 5 heteroatoms. The Hall–Kier alpha value is -2.47. The minimum atomic E-state index is -1.01. The molecule has 5 rings (SSSR count). The van der Waals surface area contributed by atoms with Crippen molar-refractivity contribution in [3.05, 3.63) is 86.9 Å². The van der Waals surface area contributed by atoms with E-state index in [0.717, 1.165) is 59.8 Å². The molecule has 0 radical (unpaired) electrons. The van der Waals surface area contributed by atoms with Gasteiger partial charge in [0.1, 0.15) is 11.4 Å². The van der Waals surface area contributed by atoms with Crippen molar-refractivity contribution in [2.75, 3.05) is 20.2 Å². The van der Waals surface area contributed by atoms with Crippen LogP contribution in [0, 0.1) is 12.8 Å².